The lowest BCUT2D eigenvalue weighted by Gasteiger charge is -2.05. The van der Waals surface area contributed by atoms with Gasteiger partial charge in [0.05, 0.1) is 16.8 Å². The maximum atomic E-state index is 11.3. The van der Waals surface area contributed by atoms with Crippen LogP contribution >= 0.6 is 15.9 Å². The van der Waals surface area contributed by atoms with Crippen molar-refractivity contribution in [1.82, 2.24) is 4.98 Å². The third-order valence-corrected chi connectivity index (χ3v) is 3.17. The van der Waals surface area contributed by atoms with Gasteiger partial charge in [-0.25, -0.2) is 9.78 Å². The van der Waals surface area contributed by atoms with Gasteiger partial charge in [-0.3, -0.25) is 0 Å². The molecule has 0 saturated heterocycles. The van der Waals surface area contributed by atoms with Crippen LogP contribution in [-0.2, 0) is 0 Å². The first-order valence-corrected chi connectivity index (χ1v) is 6.78. The summed E-state index contributed by atoms with van der Waals surface area (Å²) in [5.74, 6) is -0.541. The predicted octanol–water partition coefficient (Wildman–Crippen LogP) is 4.36. The Kier molecular flexibility index (Phi) is 4.00. The summed E-state index contributed by atoms with van der Waals surface area (Å²) >= 11 is 3.35. The molecule has 0 bridgehead atoms. The molecule has 0 unspecified atom stereocenters. The maximum absolute atomic E-state index is 11.3. The van der Waals surface area contributed by atoms with Gasteiger partial charge in [0.15, 0.2) is 0 Å². The molecule has 4 heteroatoms. The Morgan fingerprint density at radius 1 is 1.37 bits per heavy atom. The first kappa shape index (κ1) is 13.7. The zero-order valence-electron chi connectivity index (χ0n) is 10.7. The minimum absolute atomic E-state index is 0.273. The van der Waals surface area contributed by atoms with Gasteiger partial charge in [-0.1, -0.05) is 35.9 Å². The smallest absolute Gasteiger partial charge is 0.336 e. The van der Waals surface area contributed by atoms with E-state index >= 15 is 0 Å². The van der Waals surface area contributed by atoms with Crippen LogP contribution in [0.5, 0.6) is 0 Å². The van der Waals surface area contributed by atoms with Crippen molar-refractivity contribution in [3.63, 3.8) is 0 Å². The number of allylic oxidation sites excluding steroid dienone is 1. The van der Waals surface area contributed by atoms with E-state index in [4.69, 9.17) is 0 Å². The van der Waals surface area contributed by atoms with Crippen molar-refractivity contribution in [3.8, 4) is 0 Å². The largest absolute Gasteiger partial charge is 0.478 e. The molecule has 2 aromatic rings. The van der Waals surface area contributed by atoms with E-state index in [2.05, 4.69) is 34.8 Å². The van der Waals surface area contributed by atoms with Crippen molar-refractivity contribution < 1.29 is 9.90 Å². The second kappa shape index (κ2) is 5.53. The van der Waals surface area contributed by atoms with Crippen LogP contribution in [0.15, 0.2) is 34.8 Å². The van der Waals surface area contributed by atoms with Gasteiger partial charge in [-0.2, -0.15) is 0 Å². The fraction of sp³-hybridized carbons (Fsp3) is 0.200. The van der Waals surface area contributed by atoms with Gasteiger partial charge in [0.1, 0.15) is 0 Å². The summed E-state index contributed by atoms with van der Waals surface area (Å²) in [7, 11) is 0. The summed E-state index contributed by atoms with van der Waals surface area (Å²) in [6.45, 7) is 4.12. The summed E-state index contributed by atoms with van der Waals surface area (Å²) in [6.07, 6.45) is 3.86. The summed E-state index contributed by atoms with van der Waals surface area (Å²) in [6, 6.07) is 7.06. The van der Waals surface area contributed by atoms with Gasteiger partial charge in [-0.05, 0) is 36.3 Å². The molecule has 0 aliphatic carbocycles. The topological polar surface area (TPSA) is 50.2 Å². The number of pyridine rings is 1. The van der Waals surface area contributed by atoms with Crippen molar-refractivity contribution in [2.45, 2.75) is 13.8 Å². The Bertz CT molecular complexity index is 662. The van der Waals surface area contributed by atoms with E-state index in [0.717, 1.165) is 4.47 Å². The molecule has 0 fully saturated rings. The van der Waals surface area contributed by atoms with Crippen molar-refractivity contribution in [2.24, 2.45) is 5.92 Å². The summed E-state index contributed by atoms with van der Waals surface area (Å²) in [5.41, 5.74) is 1.63. The number of nitrogens with zero attached hydrogens (tertiary/aromatic N) is 1. The van der Waals surface area contributed by atoms with E-state index < -0.39 is 5.97 Å². The molecular formula is C15H14BrNO2. The third kappa shape index (κ3) is 3.20. The zero-order valence-corrected chi connectivity index (χ0v) is 12.3. The number of halogens is 1. The van der Waals surface area contributed by atoms with Crippen LogP contribution in [0.3, 0.4) is 0 Å². The average Bonchev–Trinajstić information content (AvgIpc) is 2.35. The number of aromatic carboxylic acids is 1. The van der Waals surface area contributed by atoms with Crippen LogP contribution in [-0.4, -0.2) is 16.1 Å². The highest BCUT2D eigenvalue weighted by atomic mass is 79.9. The number of hydrogen-bond donors (Lipinski definition) is 1. The molecule has 0 saturated carbocycles. The molecule has 2 rings (SSSR count). The molecule has 0 aliphatic rings. The maximum Gasteiger partial charge on any atom is 0.336 e. The van der Waals surface area contributed by atoms with Gasteiger partial charge in [-0.15, -0.1) is 0 Å². The third-order valence-electron chi connectivity index (χ3n) is 2.67. The van der Waals surface area contributed by atoms with Crippen LogP contribution in [0.2, 0.25) is 0 Å². The molecular weight excluding hydrogens is 306 g/mol. The number of carboxylic acid groups (broad SMARTS) is 1. The monoisotopic (exact) mass is 319 g/mol. The van der Waals surface area contributed by atoms with Gasteiger partial charge in [0.2, 0.25) is 0 Å². The Morgan fingerprint density at radius 3 is 2.74 bits per heavy atom. The van der Waals surface area contributed by atoms with Gasteiger partial charge in [0, 0.05) is 9.86 Å². The normalized spacial score (nSPS) is 11.6. The number of rotatable bonds is 3. The fourth-order valence-electron chi connectivity index (χ4n) is 1.77. The lowest BCUT2D eigenvalue weighted by molar-refractivity contribution is 0.0699. The van der Waals surface area contributed by atoms with Crippen LogP contribution < -0.4 is 0 Å². The Morgan fingerprint density at radius 2 is 2.11 bits per heavy atom. The molecule has 0 spiro atoms. The van der Waals surface area contributed by atoms with E-state index in [1.807, 2.05) is 24.3 Å². The first-order valence-electron chi connectivity index (χ1n) is 5.99. The van der Waals surface area contributed by atoms with E-state index in [1.54, 1.807) is 12.1 Å². The first-order chi connectivity index (χ1) is 8.97. The highest BCUT2D eigenvalue weighted by Gasteiger charge is 2.11. The number of carbonyl (C=O) groups is 1. The molecule has 0 radical (unpaired) electrons. The molecule has 1 heterocycles. The van der Waals surface area contributed by atoms with Crippen LogP contribution in [0.25, 0.3) is 17.0 Å². The Balaban J connectivity index is 2.65. The van der Waals surface area contributed by atoms with E-state index in [9.17, 15) is 9.90 Å². The fourth-order valence-corrected chi connectivity index (χ4v) is 2.13. The minimum atomic E-state index is -0.940. The van der Waals surface area contributed by atoms with E-state index in [1.165, 1.54) is 0 Å². The molecule has 98 valence electrons. The molecule has 0 atom stereocenters. The molecule has 3 nitrogen and oxygen atoms in total. The summed E-state index contributed by atoms with van der Waals surface area (Å²) < 4.78 is 0.842. The van der Waals surface area contributed by atoms with Crippen molar-refractivity contribution in [1.29, 1.82) is 0 Å². The number of aromatic nitrogens is 1. The van der Waals surface area contributed by atoms with Gasteiger partial charge >= 0.3 is 5.97 Å². The molecule has 0 amide bonds. The zero-order chi connectivity index (χ0) is 14.0. The molecule has 1 aromatic carbocycles. The van der Waals surface area contributed by atoms with Crippen LogP contribution in [0.4, 0.5) is 0 Å². The lowest BCUT2D eigenvalue weighted by atomic mass is 10.1. The molecule has 1 aromatic heterocycles. The van der Waals surface area contributed by atoms with Gasteiger partial charge < -0.3 is 5.11 Å². The standard InChI is InChI=1S/C15H14BrNO2/c1-9(2)3-5-11-8-13(15(18)19)12-7-10(16)4-6-14(12)17-11/h3-9H,1-2H3,(H,18,19). The Hall–Kier alpha value is -1.68. The molecule has 0 aliphatic heterocycles. The SMILES string of the molecule is CC(C)C=Cc1cc(C(=O)O)c2cc(Br)ccc2n1. The molecule has 1 N–H and O–H groups in total. The number of fused-ring (bicyclic) bond motifs is 1. The van der Waals surface area contributed by atoms with Crippen LogP contribution in [0, 0.1) is 5.92 Å². The number of benzene rings is 1. The van der Waals surface area contributed by atoms with Crippen LogP contribution in [0.1, 0.15) is 29.9 Å². The van der Waals surface area contributed by atoms with Crippen molar-refractivity contribution in [3.05, 3.63) is 46.1 Å². The van der Waals surface area contributed by atoms with Crippen molar-refractivity contribution in [2.75, 3.05) is 0 Å². The Labute approximate surface area is 120 Å². The molecule has 19 heavy (non-hydrogen) atoms. The van der Waals surface area contributed by atoms with E-state index in [0.29, 0.717) is 22.5 Å². The summed E-state index contributed by atoms with van der Waals surface area (Å²) in [4.78, 5) is 15.8. The number of carboxylic acids is 1. The predicted molar refractivity (Wildman–Crippen MR) is 80.3 cm³/mol. The van der Waals surface area contributed by atoms with Gasteiger partial charge in [0.25, 0.3) is 0 Å². The number of hydrogen-bond acceptors (Lipinski definition) is 2. The minimum Gasteiger partial charge on any atom is -0.478 e. The summed E-state index contributed by atoms with van der Waals surface area (Å²) in [5, 5.41) is 9.95. The highest BCUT2D eigenvalue weighted by molar-refractivity contribution is 9.10. The second-order valence-electron chi connectivity index (χ2n) is 4.66. The van der Waals surface area contributed by atoms with E-state index in [-0.39, 0.29) is 5.56 Å². The highest BCUT2D eigenvalue weighted by Crippen LogP contribution is 2.23. The quantitative estimate of drug-likeness (QED) is 0.914. The average molecular weight is 320 g/mol. The second-order valence-corrected chi connectivity index (χ2v) is 5.58. The lowest BCUT2D eigenvalue weighted by Crippen LogP contribution is -2.00. The van der Waals surface area contributed by atoms with Crippen molar-refractivity contribution >= 4 is 38.9 Å².